The number of rotatable bonds is 0. The summed E-state index contributed by atoms with van der Waals surface area (Å²) >= 11 is 0. The normalized spacial score (nSPS) is 10.5. The zero-order valence-corrected chi connectivity index (χ0v) is 5.61. The van der Waals surface area contributed by atoms with Gasteiger partial charge in [0.05, 0.1) is 6.20 Å². The number of nitrogens with two attached hydrogens (primary N) is 1. The molecule has 0 aromatic carbocycles. The minimum Gasteiger partial charge on any atom is -0.384 e. The fourth-order valence-electron chi connectivity index (χ4n) is 0.962. The smallest absolute Gasteiger partial charge is 0.293 e. The Morgan fingerprint density at radius 1 is 1.64 bits per heavy atom. The quantitative estimate of drug-likeness (QED) is 0.536. The first kappa shape index (κ1) is 5.96. The number of anilines is 1. The van der Waals surface area contributed by atoms with Crippen LogP contribution in [0.15, 0.2) is 23.4 Å². The third-order valence-corrected chi connectivity index (χ3v) is 1.41. The summed E-state index contributed by atoms with van der Waals surface area (Å²) in [4.78, 5) is 17.3. The molecule has 0 spiro atoms. The van der Waals surface area contributed by atoms with Gasteiger partial charge in [-0.2, -0.15) is 0 Å². The molecule has 2 aromatic rings. The number of nitrogen functional groups attached to an aromatic ring is 1. The van der Waals surface area contributed by atoms with Gasteiger partial charge in [-0.15, -0.1) is 0 Å². The van der Waals surface area contributed by atoms with Crippen molar-refractivity contribution >= 4 is 11.5 Å². The number of nitrogens with zero attached hydrogens (tertiary/aromatic N) is 2. The third kappa shape index (κ3) is 0.778. The lowest BCUT2D eigenvalue weighted by molar-refractivity contribution is 1.10. The van der Waals surface area contributed by atoms with Gasteiger partial charge in [-0.3, -0.25) is 9.20 Å². The highest BCUT2D eigenvalue weighted by molar-refractivity contribution is 5.39. The fraction of sp³-hybridized carbons (Fsp3) is 0. The van der Waals surface area contributed by atoms with Crippen molar-refractivity contribution in [3.8, 4) is 0 Å². The number of H-pyrrole nitrogens is 1. The van der Waals surface area contributed by atoms with Crippen molar-refractivity contribution in [2.75, 3.05) is 5.73 Å². The second-order valence-corrected chi connectivity index (χ2v) is 2.20. The maximum Gasteiger partial charge on any atom is 0.293 e. The minimum atomic E-state index is -0.269. The predicted octanol–water partition coefficient (Wildman–Crippen LogP) is -0.395. The van der Waals surface area contributed by atoms with Crippen LogP contribution in [0.1, 0.15) is 0 Å². The number of imidazole rings is 1. The highest BCUT2D eigenvalue weighted by Crippen LogP contribution is 1.95. The second kappa shape index (κ2) is 1.85. The lowest BCUT2D eigenvalue weighted by atomic mass is 10.6. The molecule has 0 radical (unpaired) electrons. The van der Waals surface area contributed by atoms with E-state index in [2.05, 4.69) is 9.97 Å². The number of hydrogen-bond acceptors (Lipinski definition) is 3. The van der Waals surface area contributed by atoms with Crippen LogP contribution in [0, 0.1) is 0 Å². The van der Waals surface area contributed by atoms with E-state index in [0.29, 0.717) is 11.5 Å². The Morgan fingerprint density at radius 2 is 2.45 bits per heavy atom. The molecule has 0 saturated heterocycles. The summed E-state index contributed by atoms with van der Waals surface area (Å²) in [7, 11) is 0. The van der Waals surface area contributed by atoms with Crippen LogP contribution in [0.25, 0.3) is 5.65 Å². The first-order chi connectivity index (χ1) is 5.27. The topological polar surface area (TPSA) is 76.2 Å². The Bertz CT molecular complexity index is 441. The van der Waals surface area contributed by atoms with Gasteiger partial charge in [0, 0.05) is 12.4 Å². The molecule has 5 heteroatoms. The molecule has 3 N–H and O–H groups in total. The van der Waals surface area contributed by atoms with E-state index >= 15 is 0 Å². The van der Waals surface area contributed by atoms with E-state index in [-0.39, 0.29) is 5.56 Å². The van der Waals surface area contributed by atoms with Crippen LogP contribution < -0.4 is 11.3 Å². The number of fused-ring (bicyclic) bond motifs is 1. The van der Waals surface area contributed by atoms with E-state index < -0.39 is 0 Å². The van der Waals surface area contributed by atoms with Crippen molar-refractivity contribution < 1.29 is 0 Å². The highest BCUT2D eigenvalue weighted by Gasteiger charge is 1.98. The van der Waals surface area contributed by atoms with Gasteiger partial charge in [0.15, 0.2) is 0 Å². The lowest BCUT2D eigenvalue weighted by Crippen LogP contribution is -2.12. The number of nitrogens with one attached hydrogen (secondary N) is 1. The van der Waals surface area contributed by atoms with E-state index in [1.807, 2.05) is 0 Å². The van der Waals surface area contributed by atoms with Crippen LogP contribution >= 0.6 is 0 Å². The molecule has 2 aromatic heterocycles. The minimum absolute atomic E-state index is 0.269. The largest absolute Gasteiger partial charge is 0.384 e. The first-order valence-electron chi connectivity index (χ1n) is 3.09. The summed E-state index contributed by atoms with van der Waals surface area (Å²) in [6.07, 6.45) is 4.81. The maximum absolute atomic E-state index is 11.0. The van der Waals surface area contributed by atoms with Crippen molar-refractivity contribution in [2.24, 2.45) is 0 Å². The average Bonchev–Trinajstić information content (AvgIpc) is 2.34. The Kier molecular flexibility index (Phi) is 1.00. The van der Waals surface area contributed by atoms with Crippen molar-refractivity contribution in [2.45, 2.75) is 0 Å². The van der Waals surface area contributed by atoms with Gasteiger partial charge in [0.25, 0.3) is 5.56 Å². The van der Waals surface area contributed by atoms with E-state index in [0.717, 1.165) is 0 Å². The van der Waals surface area contributed by atoms with Crippen LogP contribution in [0.4, 0.5) is 5.82 Å². The van der Waals surface area contributed by atoms with Gasteiger partial charge >= 0.3 is 0 Å². The van der Waals surface area contributed by atoms with E-state index in [9.17, 15) is 4.79 Å². The number of aromatic amines is 1. The molecule has 0 fully saturated rings. The van der Waals surface area contributed by atoms with Crippen LogP contribution in [0.3, 0.4) is 0 Å². The van der Waals surface area contributed by atoms with E-state index in [1.165, 1.54) is 0 Å². The van der Waals surface area contributed by atoms with E-state index in [1.54, 1.807) is 23.0 Å². The molecule has 2 heterocycles. The van der Waals surface area contributed by atoms with Crippen LogP contribution in [0.2, 0.25) is 0 Å². The fourth-order valence-corrected chi connectivity index (χ4v) is 0.962. The molecule has 0 aliphatic heterocycles. The summed E-state index contributed by atoms with van der Waals surface area (Å²) < 4.78 is 1.58. The standard InChI is InChI=1S/C6H6N4O/c7-4-3-10-2-1-8-5(10)6(11)9-4/h1-3H,7H2,(H,9,11). The average molecular weight is 150 g/mol. The van der Waals surface area contributed by atoms with Crippen molar-refractivity contribution in [3.63, 3.8) is 0 Å². The van der Waals surface area contributed by atoms with Gasteiger partial charge in [0.1, 0.15) is 5.82 Å². The van der Waals surface area contributed by atoms with Crippen molar-refractivity contribution in [1.82, 2.24) is 14.4 Å². The molecule has 0 aliphatic rings. The Morgan fingerprint density at radius 3 is 3.27 bits per heavy atom. The molecule has 0 unspecified atom stereocenters. The van der Waals surface area contributed by atoms with Crippen LogP contribution in [0.5, 0.6) is 0 Å². The molecule has 56 valence electrons. The molecule has 0 aliphatic carbocycles. The molecule has 11 heavy (non-hydrogen) atoms. The summed E-state index contributed by atoms with van der Waals surface area (Å²) in [5.74, 6) is 0.334. The van der Waals surface area contributed by atoms with Gasteiger partial charge in [-0.1, -0.05) is 0 Å². The zero-order chi connectivity index (χ0) is 7.84. The SMILES string of the molecule is Nc1cn2ccnc2c(=O)[nH]1. The Hall–Kier alpha value is -1.78. The first-order valence-corrected chi connectivity index (χ1v) is 3.09. The summed E-state index contributed by atoms with van der Waals surface area (Å²) in [5, 5.41) is 0. The zero-order valence-electron chi connectivity index (χ0n) is 5.61. The van der Waals surface area contributed by atoms with Gasteiger partial charge in [-0.05, 0) is 0 Å². The monoisotopic (exact) mass is 150 g/mol. The highest BCUT2D eigenvalue weighted by atomic mass is 16.1. The summed E-state index contributed by atoms with van der Waals surface area (Å²) in [6, 6.07) is 0. The molecular weight excluding hydrogens is 144 g/mol. The van der Waals surface area contributed by atoms with Gasteiger partial charge in [0.2, 0.25) is 5.65 Å². The predicted molar refractivity (Wildman–Crippen MR) is 40.2 cm³/mol. The molecule has 0 bridgehead atoms. The van der Waals surface area contributed by atoms with Crippen molar-refractivity contribution in [3.05, 3.63) is 28.9 Å². The molecule has 2 rings (SSSR count). The van der Waals surface area contributed by atoms with Crippen LogP contribution in [-0.2, 0) is 0 Å². The van der Waals surface area contributed by atoms with Gasteiger partial charge in [-0.25, -0.2) is 4.98 Å². The van der Waals surface area contributed by atoms with Crippen LogP contribution in [-0.4, -0.2) is 14.4 Å². The maximum atomic E-state index is 11.0. The second-order valence-electron chi connectivity index (χ2n) is 2.20. The molecule has 0 amide bonds. The van der Waals surface area contributed by atoms with E-state index in [4.69, 9.17) is 5.73 Å². The summed E-state index contributed by atoms with van der Waals surface area (Å²) in [6.45, 7) is 0. The Labute approximate surface area is 61.5 Å². The molecule has 5 nitrogen and oxygen atoms in total. The third-order valence-electron chi connectivity index (χ3n) is 1.41. The Balaban J connectivity index is 3.02. The molecule has 0 saturated carbocycles. The number of aromatic nitrogens is 3. The molecular formula is C6H6N4O. The lowest BCUT2D eigenvalue weighted by Gasteiger charge is -1.93. The van der Waals surface area contributed by atoms with Crippen molar-refractivity contribution in [1.29, 1.82) is 0 Å². The van der Waals surface area contributed by atoms with Gasteiger partial charge < -0.3 is 10.7 Å². The summed E-state index contributed by atoms with van der Waals surface area (Å²) in [5.41, 5.74) is 5.47. The molecule has 0 atom stereocenters. The number of hydrogen-bond donors (Lipinski definition) is 2.